The molecule has 0 spiro atoms. The van der Waals surface area contributed by atoms with E-state index in [9.17, 15) is 0 Å². The minimum absolute atomic E-state index is 0.371. The first-order valence-electron chi connectivity index (χ1n) is 9.22. The molecule has 5 aromatic rings. The standard InChI is InChI=1S/C23H17BrClN3O/c1-14-10-15-11-22(29-13-23-26-19-4-2-3-5-20(19)27-23)18(24)12-21(15)28(14)17-8-6-16(25)7-9-17/h2-12H,13H2,1H3,(H,26,27). The van der Waals surface area contributed by atoms with Crippen LogP contribution in [0, 0.1) is 6.92 Å². The summed E-state index contributed by atoms with van der Waals surface area (Å²) in [5.41, 5.74) is 5.27. The molecule has 2 heterocycles. The molecule has 0 bridgehead atoms. The van der Waals surface area contributed by atoms with Gasteiger partial charge < -0.3 is 14.3 Å². The van der Waals surface area contributed by atoms with Gasteiger partial charge in [-0.15, -0.1) is 0 Å². The molecule has 0 fully saturated rings. The summed E-state index contributed by atoms with van der Waals surface area (Å²) in [6.45, 7) is 2.47. The van der Waals surface area contributed by atoms with Crippen LogP contribution in [0.2, 0.25) is 5.02 Å². The van der Waals surface area contributed by atoms with Crippen LogP contribution in [0.3, 0.4) is 0 Å². The summed E-state index contributed by atoms with van der Waals surface area (Å²) in [6, 6.07) is 22.1. The van der Waals surface area contributed by atoms with E-state index >= 15 is 0 Å². The van der Waals surface area contributed by atoms with Crippen LogP contribution in [-0.4, -0.2) is 14.5 Å². The van der Waals surface area contributed by atoms with Crippen molar-refractivity contribution in [1.82, 2.24) is 14.5 Å². The summed E-state index contributed by atoms with van der Waals surface area (Å²) in [5.74, 6) is 1.58. The highest BCUT2D eigenvalue weighted by Crippen LogP contribution is 2.34. The Morgan fingerprint density at radius 3 is 2.66 bits per heavy atom. The number of H-pyrrole nitrogens is 1. The van der Waals surface area contributed by atoms with Crippen molar-refractivity contribution in [2.45, 2.75) is 13.5 Å². The molecule has 0 unspecified atom stereocenters. The number of aromatic amines is 1. The molecule has 0 aliphatic carbocycles. The molecular weight excluding hydrogens is 450 g/mol. The van der Waals surface area contributed by atoms with Crippen LogP contribution in [0.5, 0.6) is 5.75 Å². The lowest BCUT2D eigenvalue weighted by Gasteiger charge is -2.11. The van der Waals surface area contributed by atoms with Gasteiger partial charge in [-0.1, -0.05) is 23.7 Å². The van der Waals surface area contributed by atoms with Crippen molar-refractivity contribution in [3.05, 3.63) is 87.7 Å². The van der Waals surface area contributed by atoms with Gasteiger partial charge in [-0.2, -0.15) is 0 Å². The fourth-order valence-electron chi connectivity index (χ4n) is 3.61. The topological polar surface area (TPSA) is 42.8 Å². The van der Waals surface area contributed by atoms with E-state index in [1.807, 2.05) is 48.5 Å². The molecule has 0 aliphatic heterocycles. The molecule has 3 aromatic carbocycles. The number of aromatic nitrogens is 3. The molecule has 144 valence electrons. The van der Waals surface area contributed by atoms with Gasteiger partial charge in [0.1, 0.15) is 18.2 Å². The zero-order valence-corrected chi connectivity index (χ0v) is 18.0. The lowest BCUT2D eigenvalue weighted by atomic mass is 10.2. The van der Waals surface area contributed by atoms with Crippen LogP contribution >= 0.6 is 27.5 Å². The highest BCUT2D eigenvalue weighted by molar-refractivity contribution is 9.10. The Bertz CT molecular complexity index is 1310. The van der Waals surface area contributed by atoms with E-state index in [-0.39, 0.29) is 0 Å². The minimum Gasteiger partial charge on any atom is -0.484 e. The number of halogens is 2. The third kappa shape index (κ3) is 3.41. The van der Waals surface area contributed by atoms with E-state index in [0.717, 1.165) is 54.4 Å². The number of nitrogens with one attached hydrogen (secondary N) is 1. The number of aryl methyl sites for hydroxylation is 1. The number of ether oxygens (including phenoxy) is 1. The number of hydrogen-bond donors (Lipinski definition) is 1. The first-order chi connectivity index (χ1) is 14.1. The fourth-order valence-corrected chi connectivity index (χ4v) is 4.18. The number of imidazole rings is 1. The van der Waals surface area contributed by atoms with Crippen LogP contribution in [0.25, 0.3) is 27.6 Å². The maximum Gasteiger partial charge on any atom is 0.146 e. The van der Waals surface area contributed by atoms with Gasteiger partial charge in [0, 0.05) is 21.8 Å². The van der Waals surface area contributed by atoms with E-state index in [4.69, 9.17) is 16.3 Å². The number of rotatable bonds is 4. The average molecular weight is 467 g/mol. The van der Waals surface area contributed by atoms with Gasteiger partial charge in [0.15, 0.2) is 0 Å². The zero-order chi connectivity index (χ0) is 20.0. The molecule has 0 atom stereocenters. The summed E-state index contributed by atoms with van der Waals surface area (Å²) in [5, 5.41) is 1.84. The predicted molar refractivity (Wildman–Crippen MR) is 121 cm³/mol. The van der Waals surface area contributed by atoms with Crippen LogP contribution in [0.4, 0.5) is 0 Å². The Kier molecular flexibility index (Phi) is 4.57. The lowest BCUT2D eigenvalue weighted by Crippen LogP contribution is -1.99. The Morgan fingerprint density at radius 1 is 1.07 bits per heavy atom. The Balaban J connectivity index is 1.47. The van der Waals surface area contributed by atoms with Crippen LogP contribution in [0.15, 0.2) is 71.2 Å². The van der Waals surface area contributed by atoms with E-state index in [1.165, 1.54) is 0 Å². The summed E-state index contributed by atoms with van der Waals surface area (Å²) in [4.78, 5) is 7.87. The molecule has 0 saturated carbocycles. The molecule has 0 radical (unpaired) electrons. The Labute approximate surface area is 181 Å². The third-order valence-corrected chi connectivity index (χ3v) is 5.80. The van der Waals surface area contributed by atoms with E-state index in [1.54, 1.807) is 0 Å². The number of hydrogen-bond acceptors (Lipinski definition) is 2. The second-order valence-corrected chi connectivity index (χ2v) is 8.22. The molecule has 2 aromatic heterocycles. The van der Waals surface area contributed by atoms with Crippen molar-refractivity contribution in [3.63, 3.8) is 0 Å². The molecule has 0 saturated heterocycles. The van der Waals surface area contributed by atoms with Crippen molar-refractivity contribution < 1.29 is 4.74 Å². The number of fused-ring (bicyclic) bond motifs is 2. The molecule has 0 aliphatic rings. The largest absolute Gasteiger partial charge is 0.484 e. The predicted octanol–water partition coefficient (Wildman–Crippen LogP) is 6.81. The van der Waals surface area contributed by atoms with Gasteiger partial charge in [0.25, 0.3) is 0 Å². The quantitative estimate of drug-likeness (QED) is 0.316. The molecule has 4 nitrogen and oxygen atoms in total. The van der Waals surface area contributed by atoms with Gasteiger partial charge in [0.05, 0.1) is 21.0 Å². The molecule has 29 heavy (non-hydrogen) atoms. The van der Waals surface area contributed by atoms with Crippen LogP contribution in [-0.2, 0) is 6.61 Å². The van der Waals surface area contributed by atoms with E-state index < -0.39 is 0 Å². The Morgan fingerprint density at radius 2 is 1.86 bits per heavy atom. The maximum absolute atomic E-state index is 6.06. The van der Waals surface area contributed by atoms with Gasteiger partial charge >= 0.3 is 0 Å². The zero-order valence-electron chi connectivity index (χ0n) is 15.6. The van der Waals surface area contributed by atoms with Crippen molar-refractivity contribution in [3.8, 4) is 11.4 Å². The van der Waals surface area contributed by atoms with Gasteiger partial charge in [-0.05, 0) is 77.5 Å². The lowest BCUT2D eigenvalue weighted by molar-refractivity contribution is 0.296. The number of nitrogens with zero attached hydrogens (tertiary/aromatic N) is 2. The summed E-state index contributed by atoms with van der Waals surface area (Å²) in [6.07, 6.45) is 0. The fraction of sp³-hybridized carbons (Fsp3) is 0.0870. The van der Waals surface area contributed by atoms with Crippen LogP contribution < -0.4 is 4.74 Å². The summed E-state index contributed by atoms with van der Waals surface area (Å²) < 4.78 is 9.17. The van der Waals surface area contributed by atoms with E-state index in [0.29, 0.717) is 6.61 Å². The molecule has 1 N–H and O–H groups in total. The summed E-state index contributed by atoms with van der Waals surface area (Å²) >= 11 is 9.71. The van der Waals surface area contributed by atoms with Crippen LogP contribution in [0.1, 0.15) is 11.5 Å². The average Bonchev–Trinajstić information content (AvgIpc) is 3.26. The molecular formula is C23H17BrClN3O. The highest BCUT2D eigenvalue weighted by Gasteiger charge is 2.13. The third-order valence-electron chi connectivity index (χ3n) is 4.93. The first kappa shape index (κ1) is 18.3. The number of para-hydroxylation sites is 2. The second-order valence-electron chi connectivity index (χ2n) is 6.93. The Hall–Kier alpha value is -2.76. The monoisotopic (exact) mass is 465 g/mol. The molecule has 5 rings (SSSR count). The highest BCUT2D eigenvalue weighted by atomic mass is 79.9. The minimum atomic E-state index is 0.371. The van der Waals surface area contributed by atoms with Crippen molar-refractivity contribution in [2.24, 2.45) is 0 Å². The second kappa shape index (κ2) is 7.25. The SMILES string of the molecule is Cc1cc2cc(OCc3nc4ccccc4[nH]3)c(Br)cc2n1-c1ccc(Cl)cc1. The molecule has 0 amide bonds. The smallest absolute Gasteiger partial charge is 0.146 e. The van der Waals surface area contributed by atoms with Crippen molar-refractivity contribution in [2.75, 3.05) is 0 Å². The molecule has 6 heteroatoms. The van der Waals surface area contributed by atoms with Crippen molar-refractivity contribution >= 4 is 49.5 Å². The van der Waals surface area contributed by atoms with Crippen molar-refractivity contribution in [1.29, 1.82) is 0 Å². The maximum atomic E-state index is 6.06. The summed E-state index contributed by atoms with van der Waals surface area (Å²) in [7, 11) is 0. The normalized spacial score (nSPS) is 11.4. The number of benzene rings is 3. The first-order valence-corrected chi connectivity index (χ1v) is 10.4. The van der Waals surface area contributed by atoms with Gasteiger partial charge in [0.2, 0.25) is 0 Å². The van der Waals surface area contributed by atoms with Gasteiger partial charge in [-0.3, -0.25) is 0 Å². The van der Waals surface area contributed by atoms with Gasteiger partial charge in [-0.25, -0.2) is 4.98 Å². The van der Waals surface area contributed by atoms with E-state index in [2.05, 4.69) is 55.6 Å².